The number of hydrogen-bond acceptors (Lipinski definition) is 7. The normalized spacial score (nSPS) is 10.7. The number of aryl methyl sites for hydroxylation is 3. The first kappa shape index (κ1) is 23.6. The molecule has 0 saturated heterocycles. The summed E-state index contributed by atoms with van der Waals surface area (Å²) in [7, 11) is 0. The number of esters is 1. The number of rotatable bonds is 7. The SMILES string of the molecule is Cc1ccc(CNC(=O)c2ccccc2NC(=O)COC(=O)c2nc3nc(C)cc(C)n3n2)cc1. The van der Waals surface area contributed by atoms with Gasteiger partial charge in [0.05, 0.1) is 11.3 Å². The Morgan fingerprint density at radius 2 is 1.71 bits per heavy atom. The molecule has 2 heterocycles. The number of nitrogens with one attached hydrogen (secondary N) is 2. The van der Waals surface area contributed by atoms with Crippen molar-refractivity contribution >= 4 is 29.2 Å². The number of benzene rings is 2. The first-order chi connectivity index (χ1) is 16.8. The molecule has 2 aromatic heterocycles. The van der Waals surface area contributed by atoms with Crippen molar-refractivity contribution in [2.24, 2.45) is 0 Å². The molecular weight excluding hydrogens is 448 g/mol. The molecule has 0 radical (unpaired) electrons. The molecule has 0 aliphatic carbocycles. The maximum atomic E-state index is 12.7. The molecule has 0 atom stereocenters. The van der Waals surface area contributed by atoms with Gasteiger partial charge in [-0.2, -0.15) is 4.98 Å². The van der Waals surface area contributed by atoms with E-state index < -0.39 is 18.5 Å². The molecule has 0 spiro atoms. The highest BCUT2D eigenvalue weighted by molar-refractivity contribution is 6.04. The zero-order valence-corrected chi connectivity index (χ0v) is 19.5. The van der Waals surface area contributed by atoms with Gasteiger partial charge in [0.15, 0.2) is 6.61 Å². The molecule has 4 rings (SSSR count). The summed E-state index contributed by atoms with van der Waals surface area (Å²) in [5, 5.41) is 9.54. The van der Waals surface area contributed by atoms with Crippen LogP contribution < -0.4 is 10.6 Å². The molecule has 0 aliphatic heterocycles. The van der Waals surface area contributed by atoms with E-state index in [4.69, 9.17) is 4.74 Å². The van der Waals surface area contributed by atoms with Crippen LogP contribution in [0.3, 0.4) is 0 Å². The minimum absolute atomic E-state index is 0.199. The molecule has 2 N–H and O–H groups in total. The molecule has 0 fully saturated rings. The summed E-state index contributed by atoms with van der Waals surface area (Å²) >= 11 is 0. The molecule has 0 aliphatic rings. The Labute approximate surface area is 201 Å². The van der Waals surface area contributed by atoms with Gasteiger partial charge in [0.2, 0.25) is 0 Å². The van der Waals surface area contributed by atoms with E-state index in [1.165, 1.54) is 4.52 Å². The fourth-order valence-corrected chi connectivity index (χ4v) is 3.41. The third-order valence-electron chi connectivity index (χ3n) is 5.15. The van der Waals surface area contributed by atoms with Crippen LogP contribution in [-0.4, -0.2) is 44.0 Å². The number of aromatic nitrogens is 4. The van der Waals surface area contributed by atoms with Crippen molar-refractivity contribution in [3.8, 4) is 0 Å². The molecule has 0 saturated carbocycles. The lowest BCUT2D eigenvalue weighted by atomic mass is 10.1. The first-order valence-electron chi connectivity index (χ1n) is 10.9. The summed E-state index contributed by atoms with van der Waals surface area (Å²) < 4.78 is 6.49. The number of ether oxygens (including phenoxy) is 1. The number of carbonyl (C=O) groups is 3. The van der Waals surface area contributed by atoms with Crippen LogP contribution in [0.1, 0.15) is 43.5 Å². The Balaban J connectivity index is 1.36. The minimum atomic E-state index is -0.855. The average molecular weight is 473 g/mol. The van der Waals surface area contributed by atoms with E-state index in [0.29, 0.717) is 17.8 Å². The van der Waals surface area contributed by atoms with Crippen molar-refractivity contribution in [2.45, 2.75) is 27.3 Å². The highest BCUT2D eigenvalue weighted by atomic mass is 16.5. The third-order valence-corrected chi connectivity index (χ3v) is 5.15. The smallest absolute Gasteiger partial charge is 0.378 e. The van der Waals surface area contributed by atoms with Crippen LogP contribution in [0.15, 0.2) is 54.6 Å². The fourth-order valence-electron chi connectivity index (χ4n) is 3.41. The summed E-state index contributed by atoms with van der Waals surface area (Å²) in [5.41, 5.74) is 4.18. The number of nitrogens with zero attached hydrogens (tertiary/aromatic N) is 4. The molecule has 35 heavy (non-hydrogen) atoms. The second-order valence-electron chi connectivity index (χ2n) is 8.02. The van der Waals surface area contributed by atoms with Gasteiger partial charge in [0, 0.05) is 17.9 Å². The van der Waals surface area contributed by atoms with Crippen LogP contribution in [0.2, 0.25) is 0 Å². The number of hydrogen-bond donors (Lipinski definition) is 2. The predicted molar refractivity (Wildman–Crippen MR) is 128 cm³/mol. The highest BCUT2D eigenvalue weighted by Gasteiger charge is 2.19. The zero-order chi connectivity index (χ0) is 24.9. The molecule has 0 bridgehead atoms. The van der Waals surface area contributed by atoms with E-state index in [-0.39, 0.29) is 17.5 Å². The van der Waals surface area contributed by atoms with Crippen molar-refractivity contribution in [1.29, 1.82) is 0 Å². The van der Waals surface area contributed by atoms with E-state index >= 15 is 0 Å². The van der Waals surface area contributed by atoms with Crippen LogP contribution in [0, 0.1) is 20.8 Å². The van der Waals surface area contributed by atoms with Crippen molar-refractivity contribution in [2.75, 3.05) is 11.9 Å². The molecule has 0 unspecified atom stereocenters. The molecule has 178 valence electrons. The van der Waals surface area contributed by atoms with Crippen LogP contribution in [0.4, 0.5) is 5.69 Å². The Hall–Kier alpha value is -4.60. The topological polar surface area (TPSA) is 128 Å². The maximum absolute atomic E-state index is 12.7. The molecule has 10 heteroatoms. The Morgan fingerprint density at radius 1 is 0.971 bits per heavy atom. The van der Waals surface area contributed by atoms with Gasteiger partial charge in [0.25, 0.3) is 23.4 Å². The zero-order valence-electron chi connectivity index (χ0n) is 19.5. The standard InChI is InChI=1S/C25H24N6O4/c1-15-8-10-18(11-9-15)13-26-23(33)19-6-4-5-7-20(19)28-21(32)14-35-24(34)22-29-25-27-16(2)12-17(3)31(25)30-22/h4-12H,13-14H2,1-3H3,(H,26,33)(H,28,32). The minimum Gasteiger partial charge on any atom is -0.450 e. The molecular formula is C25H24N6O4. The second-order valence-corrected chi connectivity index (χ2v) is 8.02. The molecule has 2 amide bonds. The summed E-state index contributed by atoms with van der Waals surface area (Å²) in [6, 6.07) is 16.2. The van der Waals surface area contributed by atoms with Gasteiger partial charge in [0.1, 0.15) is 0 Å². The summed E-state index contributed by atoms with van der Waals surface area (Å²) in [4.78, 5) is 45.8. The first-order valence-corrected chi connectivity index (χ1v) is 10.9. The van der Waals surface area contributed by atoms with E-state index in [1.54, 1.807) is 30.3 Å². The molecule has 2 aromatic carbocycles. The number of para-hydroxylation sites is 1. The summed E-state index contributed by atoms with van der Waals surface area (Å²) in [6.45, 7) is 5.39. The summed E-state index contributed by atoms with van der Waals surface area (Å²) in [6.07, 6.45) is 0. The van der Waals surface area contributed by atoms with Crippen molar-refractivity contribution in [1.82, 2.24) is 24.9 Å². The van der Waals surface area contributed by atoms with Crippen molar-refractivity contribution in [3.63, 3.8) is 0 Å². The molecule has 4 aromatic rings. The highest BCUT2D eigenvalue weighted by Crippen LogP contribution is 2.15. The number of fused-ring (bicyclic) bond motifs is 1. The van der Waals surface area contributed by atoms with E-state index in [0.717, 1.165) is 22.5 Å². The number of anilines is 1. The molecule has 10 nitrogen and oxygen atoms in total. The van der Waals surface area contributed by atoms with E-state index in [9.17, 15) is 14.4 Å². The quantitative estimate of drug-likeness (QED) is 0.396. The van der Waals surface area contributed by atoms with Crippen LogP contribution in [0.5, 0.6) is 0 Å². The lowest BCUT2D eigenvalue weighted by molar-refractivity contribution is -0.119. The van der Waals surface area contributed by atoms with Crippen molar-refractivity contribution in [3.05, 3.63) is 88.5 Å². The van der Waals surface area contributed by atoms with Gasteiger partial charge in [-0.05, 0) is 44.5 Å². The lowest BCUT2D eigenvalue weighted by Gasteiger charge is -2.11. The second kappa shape index (κ2) is 10.1. The Morgan fingerprint density at radius 3 is 2.49 bits per heavy atom. The Bertz CT molecular complexity index is 1410. The van der Waals surface area contributed by atoms with Gasteiger partial charge < -0.3 is 15.4 Å². The fraction of sp³-hybridized carbons (Fsp3) is 0.200. The van der Waals surface area contributed by atoms with Gasteiger partial charge in [-0.3, -0.25) is 9.59 Å². The van der Waals surface area contributed by atoms with E-state index in [1.807, 2.05) is 45.0 Å². The van der Waals surface area contributed by atoms with Gasteiger partial charge in [-0.1, -0.05) is 42.0 Å². The Kier molecular flexibility index (Phi) is 6.81. The monoisotopic (exact) mass is 472 g/mol. The van der Waals surface area contributed by atoms with Crippen LogP contribution in [-0.2, 0) is 16.1 Å². The van der Waals surface area contributed by atoms with Gasteiger partial charge >= 0.3 is 5.97 Å². The average Bonchev–Trinajstić information content (AvgIpc) is 3.27. The van der Waals surface area contributed by atoms with E-state index in [2.05, 4.69) is 25.7 Å². The third kappa shape index (κ3) is 5.67. The number of amides is 2. The summed E-state index contributed by atoms with van der Waals surface area (Å²) in [5.74, 6) is -1.73. The van der Waals surface area contributed by atoms with Crippen LogP contribution >= 0.6 is 0 Å². The van der Waals surface area contributed by atoms with Crippen molar-refractivity contribution < 1.29 is 19.1 Å². The van der Waals surface area contributed by atoms with Gasteiger partial charge in [-0.15, -0.1) is 5.10 Å². The van der Waals surface area contributed by atoms with Crippen LogP contribution in [0.25, 0.3) is 5.78 Å². The predicted octanol–water partition coefficient (Wildman–Crippen LogP) is 2.78. The number of carbonyl (C=O) groups excluding carboxylic acids is 3. The van der Waals surface area contributed by atoms with Gasteiger partial charge in [-0.25, -0.2) is 14.3 Å². The lowest BCUT2D eigenvalue weighted by Crippen LogP contribution is -2.26. The maximum Gasteiger partial charge on any atom is 0.378 e. The largest absolute Gasteiger partial charge is 0.450 e.